The van der Waals surface area contributed by atoms with E-state index in [2.05, 4.69) is 0 Å². The maximum absolute atomic E-state index is 13.5. The molecular formula is C24H19Cl2NO3. The fraction of sp³-hybridized carbons (Fsp3) is 0.167. The van der Waals surface area contributed by atoms with Crippen molar-refractivity contribution in [2.45, 2.75) is 19.1 Å². The first kappa shape index (κ1) is 20.6. The first-order chi connectivity index (χ1) is 14.3. The van der Waals surface area contributed by atoms with Gasteiger partial charge in [0, 0.05) is 21.2 Å². The van der Waals surface area contributed by atoms with Gasteiger partial charge in [0.1, 0.15) is 0 Å². The molecule has 4 rings (SSSR count). The first-order valence-corrected chi connectivity index (χ1v) is 10.3. The van der Waals surface area contributed by atoms with Crippen LogP contribution in [0.5, 0.6) is 0 Å². The lowest BCUT2D eigenvalue weighted by molar-refractivity contribution is -0.139. The van der Waals surface area contributed by atoms with Crippen LogP contribution in [-0.4, -0.2) is 16.8 Å². The summed E-state index contributed by atoms with van der Waals surface area (Å²) in [4.78, 5) is 28.1. The van der Waals surface area contributed by atoms with Crippen molar-refractivity contribution in [3.8, 4) is 0 Å². The van der Waals surface area contributed by atoms with E-state index < -0.39 is 17.4 Å². The van der Waals surface area contributed by atoms with Crippen LogP contribution in [0.3, 0.4) is 0 Å². The molecule has 0 saturated carbocycles. The maximum atomic E-state index is 13.5. The molecule has 30 heavy (non-hydrogen) atoms. The second kappa shape index (κ2) is 7.88. The SMILES string of the molecule is CC(C(=O)c1ccccc1)C1(O)C(=O)N(Cc2ccccc2Cl)c2ccc(Cl)cc21. The van der Waals surface area contributed by atoms with Crippen LogP contribution >= 0.6 is 23.2 Å². The molecule has 6 heteroatoms. The average molecular weight is 440 g/mol. The smallest absolute Gasteiger partial charge is 0.264 e. The van der Waals surface area contributed by atoms with Crippen LogP contribution in [0.2, 0.25) is 10.0 Å². The summed E-state index contributed by atoms with van der Waals surface area (Å²) in [6.07, 6.45) is 0. The number of fused-ring (bicyclic) bond motifs is 1. The molecule has 0 bridgehead atoms. The number of amides is 1. The van der Waals surface area contributed by atoms with Gasteiger partial charge in [0.25, 0.3) is 5.91 Å². The van der Waals surface area contributed by atoms with E-state index in [1.165, 1.54) is 4.90 Å². The van der Waals surface area contributed by atoms with Gasteiger partial charge in [-0.2, -0.15) is 0 Å². The van der Waals surface area contributed by atoms with Gasteiger partial charge >= 0.3 is 0 Å². The summed E-state index contributed by atoms with van der Waals surface area (Å²) in [6, 6.07) is 20.7. The molecule has 1 N–H and O–H groups in total. The lowest BCUT2D eigenvalue weighted by Crippen LogP contribution is -2.47. The number of carbonyl (C=O) groups is 2. The summed E-state index contributed by atoms with van der Waals surface area (Å²) < 4.78 is 0. The minimum atomic E-state index is -2.03. The first-order valence-electron chi connectivity index (χ1n) is 9.51. The average Bonchev–Trinajstić information content (AvgIpc) is 2.97. The molecule has 0 saturated heterocycles. The van der Waals surface area contributed by atoms with Crippen LogP contribution in [-0.2, 0) is 16.9 Å². The van der Waals surface area contributed by atoms with Gasteiger partial charge < -0.3 is 10.0 Å². The maximum Gasteiger partial charge on any atom is 0.264 e. The molecule has 1 aliphatic rings. The van der Waals surface area contributed by atoms with Crippen LogP contribution in [0.15, 0.2) is 72.8 Å². The Morgan fingerprint density at radius 1 is 1.03 bits per heavy atom. The lowest BCUT2D eigenvalue weighted by Gasteiger charge is -2.28. The fourth-order valence-corrected chi connectivity index (χ4v) is 4.26. The van der Waals surface area contributed by atoms with E-state index in [-0.39, 0.29) is 12.3 Å². The predicted octanol–water partition coefficient (Wildman–Crippen LogP) is 5.25. The summed E-state index contributed by atoms with van der Waals surface area (Å²) >= 11 is 12.5. The van der Waals surface area contributed by atoms with Crippen molar-refractivity contribution in [1.29, 1.82) is 0 Å². The third-order valence-electron chi connectivity index (χ3n) is 5.60. The zero-order valence-electron chi connectivity index (χ0n) is 16.2. The molecule has 152 valence electrons. The van der Waals surface area contributed by atoms with E-state index in [0.29, 0.717) is 26.9 Å². The molecule has 3 aromatic carbocycles. The number of benzene rings is 3. The van der Waals surface area contributed by atoms with Crippen LogP contribution in [0.4, 0.5) is 5.69 Å². The van der Waals surface area contributed by atoms with Gasteiger partial charge in [-0.05, 0) is 29.8 Å². The number of hydrogen-bond acceptors (Lipinski definition) is 3. The van der Waals surface area contributed by atoms with Gasteiger partial charge in [-0.1, -0.05) is 78.7 Å². The third-order valence-corrected chi connectivity index (χ3v) is 6.20. The molecule has 0 spiro atoms. The summed E-state index contributed by atoms with van der Waals surface area (Å²) in [6.45, 7) is 1.73. The summed E-state index contributed by atoms with van der Waals surface area (Å²) in [5.41, 5.74) is -0.0311. The molecular weight excluding hydrogens is 421 g/mol. The van der Waals surface area contributed by atoms with Crippen molar-refractivity contribution in [3.05, 3.63) is 99.5 Å². The van der Waals surface area contributed by atoms with Gasteiger partial charge in [-0.25, -0.2) is 0 Å². The van der Waals surface area contributed by atoms with Crippen LogP contribution in [0.25, 0.3) is 0 Å². The molecule has 2 atom stereocenters. The van der Waals surface area contributed by atoms with Crippen LogP contribution < -0.4 is 4.90 Å². The number of carbonyl (C=O) groups excluding carboxylic acids is 2. The largest absolute Gasteiger partial charge is 0.375 e. The third kappa shape index (κ3) is 3.31. The van der Waals surface area contributed by atoms with Crippen molar-refractivity contribution in [3.63, 3.8) is 0 Å². The number of halogens is 2. The Labute approximate surface area is 184 Å². The molecule has 1 heterocycles. The number of aliphatic hydroxyl groups is 1. The highest BCUT2D eigenvalue weighted by Crippen LogP contribution is 2.47. The van der Waals surface area contributed by atoms with Crippen molar-refractivity contribution in [2.75, 3.05) is 4.90 Å². The van der Waals surface area contributed by atoms with Gasteiger partial charge in [-0.15, -0.1) is 0 Å². The quantitative estimate of drug-likeness (QED) is 0.552. The Morgan fingerprint density at radius 2 is 1.70 bits per heavy atom. The number of ketones is 1. The van der Waals surface area contributed by atoms with E-state index in [4.69, 9.17) is 23.2 Å². The highest BCUT2D eigenvalue weighted by Gasteiger charge is 2.55. The summed E-state index contributed by atoms with van der Waals surface area (Å²) in [5.74, 6) is -1.91. The van der Waals surface area contributed by atoms with E-state index in [0.717, 1.165) is 5.56 Å². The van der Waals surface area contributed by atoms with Crippen LogP contribution in [0.1, 0.15) is 28.4 Å². The molecule has 0 radical (unpaired) electrons. The molecule has 0 aliphatic carbocycles. The molecule has 1 aliphatic heterocycles. The minimum absolute atomic E-state index is 0.168. The summed E-state index contributed by atoms with van der Waals surface area (Å²) in [7, 11) is 0. The second-order valence-electron chi connectivity index (χ2n) is 7.36. The number of Topliss-reactive ketones (excluding diaryl/α,β-unsaturated/α-hetero) is 1. The molecule has 0 aromatic heterocycles. The van der Waals surface area contributed by atoms with Crippen molar-refractivity contribution in [1.82, 2.24) is 0 Å². The molecule has 2 unspecified atom stereocenters. The van der Waals surface area contributed by atoms with Gasteiger partial charge in [-0.3, -0.25) is 9.59 Å². The van der Waals surface area contributed by atoms with Gasteiger partial charge in [0.2, 0.25) is 0 Å². The monoisotopic (exact) mass is 439 g/mol. The van der Waals surface area contributed by atoms with Crippen LogP contribution in [0, 0.1) is 5.92 Å². The molecule has 1 amide bonds. The van der Waals surface area contributed by atoms with Crippen molar-refractivity contribution in [2.24, 2.45) is 5.92 Å². The molecule has 4 nitrogen and oxygen atoms in total. The Kier molecular flexibility index (Phi) is 5.41. The lowest BCUT2D eigenvalue weighted by atomic mass is 9.79. The number of anilines is 1. The Hall–Kier alpha value is -2.66. The van der Waals surface area contributed by atoms with Gasteiger partial charge in [0.05, 0.1) is 18.2 Å². The normalized spacial score (nSPS) is 18.9. The zero-order chi connectivity index (χ0) is 21.5. The summed E-state index contributed by atoms with van der Waals surface area (Å²) in [5, 5.41) is 12.5. The van der Waals surface area contributed by atoms with Crippen molar-refractivity contribution < 1.29 is 14.7 Å². The topological polar surface area (TPSA) is 57.6 Å². The van der Waals surface area contributed by atoms with E-state index in [9.17, 15) is 14.7 Å². The minimum Gasteiger partial charge on any atom is -0.375 e. The Morgan fingerprint density at radius 3 is 2.40 bits per heavy atom. The number of rotatable bonds is 5. The standard InChI is InChI=1S/C24H19Cl2NO3/c1-15(22(28)16-7-3-2-4-8-16)24(30)19-13-18(25)11-12-21(19)27(23(24)29)14-17-9-5-6-10-20(17)26/h2-13,15,30H,14H2,1H3. The molecule has 0 fully saturated rings. The second-order valence-corrected chi connectivity index (χ2v) is 8.21. The zero-order valence-corrected chi connectivity index (χ0v) is 17.7. The van der Waals surface area contributed by atoms with E-state index >= 15 is 0 Å². The van der Waals surface area contributed by atoms with Crippen molar-refractivity contribution >= 4 is 40.6 Å². The predicted molar refractivity (Wildman–Crippen MR) is 118 cm³/mol. The molecule has 3 aromatic rings. The van der Waals surface area contributed by atoms with E-state index in [1.54, 1.807) is 61.5 Å². The number of nitrogens with zero attached hydrogens (tertiary/aromatic N) is 1. The Bertz CT molecular complexity index is 1130. The van der Waals surface area contributed by atoms with Gasteiger partial charge in [0.15, 0.2) is 11.4 Å². The highest BCUT2D eigenvalue weighted by atomic mass is 35.5. The Balaban J connectivity index is 1.79. The van der Waals surface area contributed by atoms with E-state index in [1.807, 2.05) is 18.2 Å². The number of hydrogen-bond donors (Lipinski definition) is 1. The highest BCUT2D eigenvalue weighted by molar-refractivity contribution is 6.31. The fourth-order valence-electron chi connectivity index (χ4n) is 3.89.